The summed E-state index contributed by atoms with van der Waals surface area (Å²) in [6, 6.07) is 12.5. The van der Waals surface area contributed by atoms with E-state index in [2.05, 4.69) is 4.90 Å². The first-order chi connectivity index (χ1) is 12.9. The lowest BCUT2D eigenvalue weighted by Crippen LogP contribution is -2.50. The molecule has 1 aliphatic heterocycles. The molecule has 7 heteroatoms. The van der Waals surface area contributed by atoms with E-state index in [1.807, 2.05) is 24.3 Å². The number of carbonyl (C=O) groups is 2. The quantitative estimate of drug-likeness (QED) is 0.705. The van der Waals surface area contributed by atoms with E-state index < -0.39 is 0 Å². The molecule has 2 aromatic carbocycles. The van der Waals surface area contributed by atoms with Crippen LogP contribution in [0, 0.1) is 0 Å². The number of Topliss-reactive ketones (excluding diaryl/α,β-unsaturated/α-hetero) is 1. The summed E-state index contributed by atoms with van der Waals surface area (Å²) < 4.78 is 5.53. The number of anilines is 1. The van der Waals surface area contributed by atoms with Crippen LogP contribution in [-0.4, -0.2) is 49.4 Å². The zero-order valence-corrected chi connectivity index (χ0v) is 16.5. The Balaban J connectivity index is 1.51. The number of benzene rings is 2. The van der Waals surface area contributed by atoms with Gasteiger partial charge in [0.1, 0.15) is 5.75 Å². The summed E-state index contributed by atoms with van der Waals surface area (Å²) in [5, 5.41) is 0.903. The minimum atomic E-state index is -0.0763. The molecule has 0 radical (unpaired) electrons. The summed E-state index contributed by atoms with van der Waals surface area (Å²) >= 11 is 11.9. The van der Waals surface area contributed by atoms with Crippen molar-refractivity contribution in [3.8, 4) is 5.75 Å². The molecule has 0 spiro atoms. The van der Waals surface area contributed by atoms with Crippen molar-refractivity contribution in [2.45, 2.75) is 6.92 Å². The molecule has 1 fully saturated rings. The fraction of sp³-hybridized carbons (Fsp3) is 0.300. The van der Waals surface area contributed by atoms with Crippen LogP contribution >= 0.6 is 23.2 Å². The molecule has 0 aliphatic carbocycles. The summed E-state index contributed by atoms with van der Waals surface area (Å²) in [5.41, 5.74) is 1.75. The van der Waals surface area contributed by atoms with Gasteiger partial charge in [-0.15, -0.1) is 0 Å². The van der Waals surface area contributed by atoms with E-state index in [1.54, 1.807) is 30.0 Å². The summed E-state index contributed by atoms with van der Waals surface area (Å²) in [6.45, 7) is 4.18. The molecule has 0 atom stereocenters. The highest BCUT2D eigenvalue weighted by atomic mass is 35.5. The summed E-state index contributed by atoms with van der Waals surface area (Å²) in [6.07, 6.45) is 0. The normalized spacial score (nSPS) is 14.2. The Kier molecular flexibility index (Phi) is 6.24. The average molecular weight is 407 g/mol. The third-order valence-electron chi connectivity index (χ3n) is 4.52. The molecule has 0 bridgehead atoms. The second kappa shape index (κ2) is 8.63. The highest BCUT2D eigenvalue weighted by Gasteiger charge is 2.22. The largest absolute Gasteiger partial charge is 0.482 e. The Morgan fingerprint density at radius 2 is 1.67 bits per heavy atom. The molecular formula is C20H20Cl2N2O3. The van der Waals surface area contributed by atoms with Crippen molar-refractivity contribution < 1.29 is 14.3 Å². The van der Waals surface area contributed by atoms with E-state index in [1.165, 1.54) is 0 Å². The number of rotatable bonds is 5. The Morgan fingerprint density at radius 3 is 2.26 bits per heavy atom. The zero-order chi connectivity index (χ0) is 19.4. The molecule has 5 nitrogen and oxygen atoms in total. The van der Waals surface area contributed by atoms with Crippen molar-refractivity contribution in [2.75, 3.05) is 37.7 Å². The molecule has 0 saturated carbocycles. The van der Waals surface area contributed by atoms with E-state index in [9.17, 15) is 9.59 Å². The first-order valence-corrected chi connectivity index (χ1v) is 9.41. The second-order valence-electron chi connectivity index (χ2n) is 6.33. The van der Waals surface area contributed by atoms with Crippen molar-refractivity contribution in [1.82, 2.24) is 4.90 Å². The van der Waals surface area contributed by atoms with Gasteiger partial charge in [-0.25, -0.2) is 0 Å². The Hall–Kier alpha value is -2.24. The Bertz CT molecular complexity index is 832. The topological polar surface area (TPSA) is 49.9 Å². The average Bonchev–Trinajstić information content (AvgIpc) is 2.67. The van der Waals surface area contributed by atoms with Gasteiger partial charge in [-0.2, -0.15) is 0 Å². The number of carbonyl (C=O) groups excluding carboxylic acids is 2. The fourth-order valence-electron chi connectivity index (χ4n) is 2.94. The van der Waals surface area contributed by atoms with Crippen molar-refractivity contribution in [1.29, 1.82) is 0 Å². The number of amides is 1. The molecular weight excluding hydrogens is 387 g/mol. The van der Waals surface area contributed by atoms with Crippen molar-refractivity contribution >= 4 is 40.6 Å². The summed E-state index contributed by atoms with van der Waals surface area (Å²) in [4.78, 5) is 27.7. The van der Waals surface area contributed by atoms with Crippen LogP contribution in [0.4, 0.5) is 5.69 Å². The molecule has 2 aromatic rings. The Labute approximate surface area is 168 Å². The SMILES string of the molecule is CC(=O)c1ccc(N2CCN(C(=O)COc3ccc(Cl)cc3Cl)CC2)cc1. The maximum absolute atomic E-state index is 12.4. The predicted molar refractivity (Wildman–Crippen MR) is 107 cm³/mol. The Morgan fingerprint density at radius 1 is 1.00 bits per heavy atom. The number of ether oxygens (including phenoxy) is 1. The standard InChI is InChI=1S/C20H20Cl2N2O3/c1-14(25)15-2-5-17(6-3-15)23-8-10-24(11-9-23)20(26)13-27-19-7-4-16(21)12-18(19)22/h2-7,12H,8-11,13H2,1H3. The number of piperazine rings is 1. The lowest BCUT2D eigenvalue weighted by molar-refractivity contribution is -0.133. The number of hydrogen-bond acceptors (Lipinski definition) is 4. The number of ketones is 1. The highest BCUT2D eigenvalue weighted by Crippen LogP contribution is 2.27. The molecule has 142 valence electrons. The van der Waals surface area contributed by atoms with Gasteiger partial charge < -0.3 is 14.5 Å². The monoisotopic (exact) mass is 406 g/mol. The zero-order valence-electron chi connectivity index (χ0n) is 15.0. The lowest BCUT2D eigenvalue weighted by atomic mass is 10.1. The van der Waals surface area contributed by atoms with Gasteiger partial charge in [0, 0.05) is 42.5 Å². The number of hydrogen-bond donors (Lipinski definition) is 0. The van der Waals surface area contributed by atoms with E-state index in [-0.39, 0.29) is 18.3 Å². The molecule has 1 saturated heterocycles. The summed E-state index contributed by atoms with van der Waals surface area (Å²) in [7, 11) is 0. The molecule has 0 N–H and O–H groups in total. The highest BCUT2D eigenvalue weighted by molar-refractivity contribution is 6.35. The van der Waals surface area contributed by atoms with E-state index in [0.29, 0.717) is 34.4 Å². The van der Waals surface area contributed by atoms with Crippen molar-refractivity contribution in [3.05, 3.63) is 58.1 Å². The molecule has 3 rings (SSSR count). The van der Waals surface area contributed by atoms with Crippen molar-refractivity contribution in [3.63, 3.8) is 0 Å². The van der Waals surface area contributed by atoms with Crippen LogP contribution in [-0.2, 0) is 4.79 Å². The van der Waals surface area contributed by atoms with Gasteiger partial charge in [-0.3, -0.25) is 9.59 Å². The van der Waals surface area contributed by atoms with Crippen LogP contribution in [0.15, 0.2) is 42.5 Å². The summed E-state index contributed by atoms with van der Waals surface area (Å²) in [5.74, 6) is 0.420. The predicted octanol–water partition coefficient (Wildman–Crippen LogP) is 3.92. The number of halogens is 2. The minimum absolute atomic E-state index is 0.0535. The van der Waals surface area contributed by atoms with Gasteiger partial charge in [-0.1, -0.05) is 23.2 Å². The first kappa shape index (κ1) is 19.5. The smallest absolute Gasteiger partial charge is 0.260 e. The third kappa shape index (κ3) is 4.93. The van der Waals surface area contributed by atoms with Crippen LogP contribution in [0.1, 0.15) is 17.3 Å². The van der Waals surface area contributed by atoms with Gasteiger partial charge in [-0.05, 0) is 49.4 Å². The van der Waals surface area contributed by atoms with E-state index in [0.717, 1.165) is 18.8 Å². The lowest BCUT2D eigenvalue weighted by Gasteiger charge is -2.36. The van der Waals surface area contributed by atoms with Gasteiger partial charge in [0.2, 0.25) is 0 Å². The molecule has 1 amide bonds. The molecule has 0 unspecified atom stereocenters. The molecule has 0 aromatic heterocycles. The van der Waals surface area contributed by atoms with E-state index in [4.69, 9.17) is 27.9 Å². The minimum Gasteiger partial charge on any atom is -0.482 e. The van der Waals surface area contributed by atoms with Gasteiger partial charge in [0.05, 0.1) is 5.02 Å². The van der Waals surface area contributed by atoms with Crippen molar-refractivity contribution in [2.24, 2.45) is 0 Å². The van der Waals surface area contributed by atoms with Crippen LogP contribution in [0.3, 0.4) is 0 Å². The van der Waals surface area contributed by atoms with Crippen LogP contribution in [0.2, 0.25) is 10.0 Å². The third-order valence-corrected chi connectivity index (χ3v) is 5.05. The van der Waals surface area contributed by atoms with Gasteiger partial charge >= 0.3 is 0 Å². The number of nitrogens with zero attached hydrogens (tertiary/aromatic N) is 2. The van der Waals surface area contributed by atoms with Gasteiger partial charge in [0.25, 0.3) is 5.91 Å². The second-order valence-corrected chi connectivity index (χ2v) is 7.18. The van der Waals surface area contributed by atoms with Crippen LogP contribution < -0.4 is 9.64 Å². The molecule has 27 heavy (non-hydrogen) atoms. The van der Waals surface area contributed by atoms with E-state index >= 15 is 0 Å². The maximum Gasteiger partial charge on any atom is 0.260 e. The fourth-order valence-corrected chi connectivity index (χ4v) is 3.41. The maximum atomic E-state index is 12.4. The van der Waals surface area contributed by atoms with Crippen LogP contribution in [0.25, 0.3) is 0 Å². The van der Waals surface area contributed by atoms with Crippen LogP contribution in [0.5, 0.6) is 5.75 Å². The molecule has 1 heterocycles. The van der Waals surface area contributed by atoms with Gasteiger partial charge in [0.15, 0.2) is 12.4 Å². The first-order valence-electron chi connectivity index (χ1n) is 8.65. The molecule has 1 aliphatic rings.